The predicted molar refractivity (Wildman–Crippen MR) is 97.0 cm³/mol. The minimum Gasteiger partial charge on any atom is -0.504 e. The maximum atomic E-state index is 11.8. The number of phenolic OH excluding ortho intramolecular Hbond substituents is 2. The molecule has 7 nitrogen and oxygen atoms in total. The van der Waals surface area contributed by atoms with Crippen molar-refractivity contribution in [3.05, 3.63) is 41.5 Å². The molecule has 0 bridgehead atoms. The summed E-state index contributed by atoms with van der Waals surface area (Å²) in [6.45, 7) is 4.08. The van der Waals surface area contributed by atoms with Gasteiger partial charge in [0.1, 0.15) is 6.61 Å². The molecule has 0 aliphatic rings. The van der Waals surface area contributed by atoms with Crippen LogP contribution in [0.2, 0.25) is 0 Å². The fourth-order valence-electron chi connectivity index (χ4n) is 1.79. The van der Waals surface area contributed by atoms with Crippen LogP contribution in [0.4, 0.5) is 0 Å². The van der Waals surface area contributed by atoms with Crippen molar-refractivity contribution in [2.75, 3.05) is 46.8 Å². The van der Waals surface area contributed by atoms with E-state index in [2.05, 4.69) is 0 Å². The third-order valence-corrected chi connectivity index (χ3v) is 3.22. The smallest absolute Gasteiger partial charge is 0.333 e. The highest BCUT2D eigenvalue weighted by atomic mass is 16.6. The molecule has 0 radical (unpaired) electrons. The van der Waals surface area contributed by atoms with Crippen molar-refractivity contribution in [1.82, 2.24) is 0 Å². The van der Waals surface area contributed by atoms with E-state index < -0.39 is 5.97 Å². The Labute approximate surface area is 153 Å². The maximum absolute atomic E-state index is 11.8. The Morgan fingerprint density at radius 1 is 1.00 bits per heavy atom. The predicted octanol–water partition coefficient (Wildman–Crippen LogP) is 2.28. The van der Waals surface area contributed by atoms with Gasteiger partial charge >= 0.3 is 5.97 Å². The Morgan fingerprint density at radius 2 is 1.65 bits per heavy atom. The van der Waals surface area contributed by atoms with E-state index in [1.807, 2.05) is 0 Å². The van der Waals surface area contributed by atoms with Gasteiger partial charge in [0.05, 0.1) is 33.0 Å². The standard InChI is InChI=1S/C19H26O7/c1-15(4-3-5-16-6-7-17(20)18(21)14-16)19(22)26-13-12-25-11-10-24-9-8-23-2/h3-7,14,20-21H,8-13H2,1-2H3/b5-3+,15-4+. The summed E-state index contributed by atoms with van der Waals surface area (Å²) in [5.41, 5.74) is 1.13. The number of phenols is 2. The molecule has 0 heterocycles. The van der Waals surface area contributed by atoms with E-state index in [0.717, 1.165) is 0 Å². The number of esters is 1. The molecule has 1 aromatic rings. The number of rotatable bonds is 12. The molecule has 1 rings (SSSR count). The Kier molecular flexibility index (Phi) is 10.8. The number of hydrogen-bond donors (Lipinski definition) is 2. The molecule has 0 aliphatic carbocycles. The average Bonchev–Trinajstić information content (AvgIpc) is 2.63. The first kappa shape index (κ1) is 21.7. The van der Waals surface area contributed by atoms with E-state index in [0.29, 0.717) is 44.2 Å². The molecule has 0 amide bonds. The molecule has 0 aliphatic heterocycles. The van der Waals surface area contributed by atoms with Crippen LogP contribution in [0.5, 0.6) is 11.5 Å². The molecule has 7 heteroatoms. The molecule has 0 spiro atoms. The van der Waals surface area contributed by atoms with Gasteiger partial charge in [-0.1, -0.05) is 24.3 Å². The highest BCUT2D eigenvalue weighted by Crippen LogP contribution is 2.25. The van der Waals surface area contributed by atoms with E-state index in [1.165, 1.54) is 12.1 Å². The summed E-state index contributed by atoms with van der Waals surface area (Å²) >= 11 is 0. The fourth-order valence-corrected chi connectivity index (χ4v) is 1.79. The molecular formula is C19H26O7. The largest absolute Gasteiger partial charge is 0.504 e. The molecule has 1 aromatic carbocycles. The van der Waals surface area contributed by atoms with Crippen LogP contribution in [0.25, 0.3) is 6.08 Å². The van der Waals surface area contributed by atoms with Gasteiger partial charge in [-0.15, -0.1) is 0 Å². The van der Waals surface area contributed by atoms with Gasteiger partial charge in [-0.2, -0.15) is 0 Å². The Bertz CT molecular complexity index is 608. The summed E-state index contributed by atoms with van der Waals surface area (Å²) in [5.74, 6) is -0.805. The van der Waals surface area contributed by atoms with Crippen molar-refractivity contribution in [2.24, 2.45) is 0 Å². The monoisotopic (exact) mass is 366 g/mol. The lowest BCUT2D eigenvalue weighted by atomic mass is 10.1. The highest BCUT2D eigenvalue weighted by Gasteiger charge is 2.04. The van der Waals surface area contributed by atoms with Crippen molar-refractivity contribution < 1.29 is 34.0 Å². The molecule has 26 heavy (non-hydrogen) atoms. The number of allylic oxidation sites excluding steroid dienone is 2. The fraction of sp³-hybridized carbons (Fsp3) is 0.421. The third kappa shape index (κ3) is 9.22. The first-order chi connectivity index (χ1) is 12.5. The lowest BCUT2D eigenvalue weighted by Crippen LogP contribution is -2.14. The average molecular weight is 366 g/mol. The number of hydrogen-bond acceptors (Lipinski definition) is 7. The highest BCUT2D eigenvalue weighted by molar-refractivity contribution is 5.88. The molecule has 2 N–H and O–H groups in total. The van der Waals surface area contributed by atoms with Gasteiger partial charge in [0, 0.05) is 12.7 Å². The Balaban J connectivity index is 2.22. The number of methoxy groups -OCH3 is 1. The molecule has 0 fully saturated rings. The van der Waals surface area contributed by atoms with Crippen LogP contribution in [0.3, 0.4) is 0 Å². The van der Waals surface area contributed by atoms with Crippen molar-refractivity contribution >= 4 is 12.0 Å². The van der Waals surface area contributed by atoms with Gasteiger partial charge in [0.15, 0.2) is 11.5 Å². The summed E-state index contributed by atoms with van der Waals surface area (Å²) in [7, 11) is 1.61. The zero-order valence-electron chi connectivity index (χ0n) is 15.1. The summed E-state index contributed by atoms with van der Waals surface area (Å²) in [4.78, 5) is 11.8. The van der Waals surface area contributed by atoms with Crippen LogP contribution < -0.4 is 0 Å². The summed E-state index contributed by atoms with van der Waals surface area (Å²) in [5, 5.41) is 18.7. The topological polar surface area (TPSA) is 94.5 Å². The second kappa shape index (κ2) is 12.9. The van der Waals surface area contributed by atoms with Crippen LogP contribution in [0.15, 0.2) is 35.9 Å². The van der Waals surface area contributed by atoms with E-state index in [9.17, 15) is 15.0 Å². The van der Waals surface area contributed by atoms with Crippen molar-refractivity contribution in [2.45, 2.75) is 6.92 Å². The van der Waals surface area contributed by atoms with Gasteiger partial charge in [-0.05, 0) is 24.6 Å². The van der Waals surface area contributed by atoms with Gasteiger partial charge in [0.2, 0.25) is 0 Å². The normalized spacial score (nSPS) is 11.8. The van der Waals surface area contributed by atoms with Gasteiger partial charge < -0.3 is 29.2 Å². The molecule has 0 aromatic heterocycles. The van der Waals surface area contributed by atoms with Crippen molar-refractivity contribution in [3.63, 3.8) is 0 Å². The van der Waals surface area contributed by atoms with Crippen LogP contribution in [-0.2, 0) is 23.7 Å². The lowest BCUT2D eigenvalue weighted by Gasteiger charge is -2.06. The number of ether oxygens (including phenoxy) is 4. The summed E-state index contributed by atoms with van der Waals surface area (Å²) < 4.78 is 20.4. The van der Waals surface area contributed by atoms with Crippen LogP contribution in [0, 0.1) is 0 Å². The third-order valence-electron chi connectivity index (χ3n) is 3.22. The van der Waals surface area contributed by atoms with E-state index in [1.54, 1.807) is 38.3 Å². The van der Waals surface area contributed by atoms with Crippen LogP contribution in [-0.4, -0.2) is 62.9 Å². The van der Waals surface area contributed by atoms with E-state index in [-0.39, 0.29) is 18.1 Å². The molecule has 0 unspecified atom stereocenters. The second-order valence-corrected chi connectivity index (χ2v) is 5.31. The zero-order valence-corrected chi connectivity index (χ0v) is 15.1. The minimum absolute atomic E-state index is 0.164. The van der Waals surface area contributed by atoms with Crippen molar-refractivity contribution in [3.8, 4) is 11.5 Å². The van der Waals surface area contributed by atoms with Gasteiger partial charge in [-0.25, -0.2) is 4.79 Å². The molecule has 144 valence electrons. The first-order valence-corrected chi connectivity index (χ1v) is 8.23. The zero-order chi connectivity index (χ0) is 19.2. The lowest BCUT2D eigenvalue weighted by molar-refractivity contribution is -0.140. The first-order valence-electron chi connectivity index (χ1n) is 8.23. The number of aromatic hydroxyl groups is 2. The minimum atomic E-state index is -0.428. The van der Waals surface area contributed by atoms with E-state index in [4.69, 9.17) is 18.9 Å². The SMILES string of the molecule is COCCOCCOCCOC(=O)/C(C)=C/C=C/c1ccc(O)c(O)c1. The second-order valence-electron chi connectivity index (χ2n) is 5.31. The van der Waals surface area contributed by atoms with Gasteiger partial charge in [0.25, 0.3) is 0 Å². The Hall–Kier alpha value is -2.35. The molecular weight excluding hydrogens is 340 g/mol. The number of benzene rings is 1. The molecule has 0 saturated heterocycles. The maximum Gasteiger partial charge on any atom is 0.333 e. The van der Waals surface area contributed by atoms with Crippen LogP contribution in [0.1, 0.15) is 12.5 Å². The van der Waals surface area contributed by atoms with Gasteiger partial charge in [-0.3, -0.25) is 0 Å². The quantitative estimate of drug-likeness (QED) is 0.193. The Morgan fingerprint density at radius 3 is 2.31 bits per heavy atom. The summed E-state index contributed by atoms with van der Waals surface area (Å²) in [6, 6.07) is 4.45. The van der Waals surface area contributed by atoms with Crippen LogP contribution >= 0.6 is 0 Å². The number of carbonyl (C=O) groups excluding carboxylic acids is 1. The molecule has 0 atom stereocenters. The molecule has 0 saturated carbocycles. The number of carbonyl (C=O) groups is 1. The summed E-state index contributed by atoms with van der Waals surface area (Å²) in [6.07, 6.45) is 4.97. The van der Waals surface area contributed by atoms with E-state index >= 15 is 0 Å². The van der Waals surface area contributed by atoms with Crippen molar-refractivity contribution in [1.29, 1.82) is 0 Å².